The van der Waals surface area contributed by atoms with Crippen LogP contribution in [0, 0.1) is 0 Å². The van der Waals surface area contributed by atoms with Gasteiger partial charge in [-0.2, -0.15) is 0 Å². The monoisotopic (exact) mass is 246 g/mol. The van der Waals surface area contributed by atoms with Gasteiger partial charge in [-0.25, -0.2) is 0 Å². The Labute approximate surface area is 99.1 Å². The molecule has 0 radical (unpaired) electrons. The van der Waals surface area contributed by atoms with Gasteiger partial charge in [0.15, 0.2) is 5.78 Å². The lowest BCUT2D eigenvalue weighted by Crippen LogP contribution is -2.07. The van der Waals surface area contributed by atoms with E-state index >= 15 is 0 Å². The topological polar surface area (TPSA) is 26.3 Å². The molecule has 1 aromatic carbocycles. The second-order valence-electron chi connectivity index (χ2n) is 3.18. The molecule has 0 aliphatic rings. The van der Waals surface area contributed by atoms with Gasteiger partial charge in [-0.05, 0) is 18.1 Å². The number of aryl methyl sites for hydroxylation is 1. The molecule has 82 valence electrons. The molecule has 0 unspecified atom stereocenters. The number of ether oxygens (including phenoxy) is 1. The molecule has 0 amide bonds. The van der Waals surface area contributed by atoms with Gasteiger partial charge in [0, 0.05) is 13.5 Å². The van der Waals surface area contributed by atoms with Crippen LogP contribution in [0.2, 0.25) is 10.0 Å². The summed E-state index contributed by atoms with van der Waals surface area (Å²) in [6, 6.07) is 5.42. The summed E-state index contributed by atoms with van der Waals surface area (Å²) < 4.78 is 4.74. The molecule has 0 saturated carbocycles. The third-order valence-corrected chi connectivity index (χ3v) is 2.87. The van der Waals surface area contributed by atoms with Crippen LogP contribution in [0.5, 0.6) is 0 Å². The molecule has 0 aliphatic heterocycles. The van der Waals surface area contributed by atoms with Crippen molar-refractivity contribution in [2.75, 3.05) is 13.7 Å². The lowest BCUT2D eigenvalue weighted by atomic mass is 10.1. The predicted molar refractivity (Wildman–Crippen MR) is 61.7 cm³/mol. The normalized spacial score (nSPS) is 10.3. The van der Waals surface area contributed by atoms with E-state index in [1.165, 1.54) is 7.11 Å². The van der Waals surface area contributed by atoms with E-state index in [4.69, 9.17) is 27.9 Å². The van der Waals surface area contributed by atoms with E-state index in [9.17, 15) is 4.79 Å². The van der Waals surface area contributed by atoms with Crippen molar-refractivity contribution < 1.29 is 9.53 Å². The van der Waals surface area contributed by atoms with Crippen molar-refractivity contribution in [2.45, 2.75) is 12.8 Å². The highest BCUT2D eigenvalue weighted by atomic mass is 35.5. The van der Waals surface area contributed by atoms with Gasteiger partial charge in [0.05, 0.1) is 10.0 Å². The van der Waals surface area contributed by atoms with E-state index in [0.29, 0.717) is 22.9 Å². The number of rotatable bonds is 5. The number of ketones is 1. The third kappa shape index (κ3) is 3.82. The lowest BCUT2D eigenvalue weighted by Gasteiger charge is -2.04. The second kappa shape index (κ2) is 6.11. The van der Waals surface area contributed by atoms with Crippen molar-refractivity contribution in [3.05, 3.63) is 33.8 Å². The van der Waals surface area contributed by atoms with Crippen molar-refractivity contribution in [1.29, 1.82) is 0 Å². The molecular weight excluding hydrogens is 235 g/mol. The van der Waals surface area contributed by atoms with Crippen LogP contribution in [-0.4, -0.2) is 19.5 Å². The zero-order valence-electron chi connectivity index (χ0n) is 8.43. The first kappa shape index (κ1) is 12.5. The second-order valence-corrected chi connectivity index (χ2v) is 3.97. The molecule has 1 aromatic rings. The third-order valence-electron chi connectivity index (χ3n) is 2.01. The highest BCUT2D eigenvalue weighted by molar-refractivity contribution is 6.42. The van der Waals surface area contributed by atoms with Gasteiger partial charge < -0.3 is 4.74 Å². The summed E-state index contributed by atoms with van der Waals surface area (Å²) in [5.41, 5.74) is 0.897. The van der Waals surface area contributed by atoms with Gasteiger partial charge in [0.25, 0.3) is 0 Å². The minimum atomic E-state index is 0.0635. The van der Waals surface area contributed by atoms with E-state index in [1.807, 2.05) is 12.1 Å². The van der Waals surface area contributed by atoms with Crippen molar-refractivity contribution in [2.24, 2.45) is 0 Å². The number of benzene rings is 1. The maximum atomic E-state index is 11.2. The molecule has 0 aromatic heterocycles. The summed E-state index contributed by atoms with van der Waals surface area (Å²) in [5.74, 6) is 0.0635. The Morgan fingerprint density at radius 3 is 2.80 bits per heavy atom. The van der Waals surface area contributed by atoms with E-state index in [1.54, 1.807) is 6.07 Å². The molecule has 0 bridgehead atoms. The van der Waals surface area contributed by atoms with Gasteiger partial charge in [0.1, 0.15) is 6.61 Å². The van der Waals surface area contributed by atoms with Crippen LogP contribution in [0.4, 0.5) is 0 Å². The quantitative estimate of drug-likeness (QED) is 0.798. The van der Waals surface area contributed by atoms with Gasteiger partial charge in [-0.15, -0.1) is 0 Å². The van der Waals surface area contributed by atoms with Crippen molar-refractivity contribution in [3.8, 4) is 0 Å². The summed E-state index contributed by atoms with van der Waals surface area (Å²) in [6.45, 7) is 0.151. The molecule has 0 heterocycles. The van der Waals surface area contributed by atoms with E-state index in [2.05, 4.69) is 0 Å². The minimum Gasteiger partial charge on any atom is -0.377 e. The number of halogens is 2. The molecule has 0 N–H and O–H groups in total. The average molecular weight is 247 g/mol. The zero-order chi connectivity index (χ0) is 11.3. The fourth-order valence-corrected chi connectivity index (χ4v) is 1.66. The largest absolute Gasteiger partial charge is 0.377 e. The standard InChI is InChI=1S/C11H12Cl2O2/c1-15-7-9(14)6-5-8-3-2-4-10(12)11(8)13/h2-4H,5-7H2,1H3. The van der Waals surface area contributed by atoms with Crippen LogP contribution >= 0.6 is 23.2 Å². The Balaban J connectivity index is 2.58. The number of carbonyl (C=O) groups excluding carboxylic acids is 1. The first-order valence-corrected chi connectivity index (χ1v) is 5.34. The summed E-state index contributed by atoms with van der Waals surface area (Å²) in [5, 5.41) is 1.05. The molecule has 0 fully saturated rings. The Bertz CT molecular complexity index is 350. The van der Waals surface area contributed by atoms with Crippen molar-refractivity contribution >= 4 is 29.0 Å². The van der Waals surface area contributed by atoms with Gasteiger partial charge in [-0.1, -0.05) is 35.3 Å². The van der Waals surface area contributed by atoms with Crippen LogP contribution in [0.1, 0.15) is 12.0 Å². The smallest absolute Gasteiger partial charge is 0.158 e. The fourth-order valence-electron chi connectivity index (χ4n) is 1.25. The van der Waals surface area contributed by atoms with Crippen LogP contribution < -0.4 is 0 Å². The molecule has 0 spiro atoms. The molecule has 0 atom stereocenters. The maximum Gasteiger partial charge on any atom is 0.158 e. The zero-order valence-corrected chi connectivity index (χ0v) is 9.94. The number of hydrogen-bond donors (Lipinski definition) is 0. The van der Waals surface area contributed by atoms with Crippen molar-refractivity contribution in [3.63, 3.8) is 0 Å². The first-order valence-electron chi connectivity index (χ1n) is 4.58. The molecule has 15 heavy (non-hydrogen) atoms. The molecule has 0 aliphatic carbocycles. The SMILES string of the molecule is COCC(=O)CCc1cccc(Cl)c1Cl. The van der Waals surface area contributed by atoms with E-state index in [-0.39, 0.29) is 12.4 Å². The van der Waals surface area contributed by atoms with Gasteiger partial charge in [0.2, 0.25) is 0 Å². The Morgan fingerprint density at radius 1 is 1.40 bits per heavy atom. The van der Waals surface area contributed by atoms with Crippen LogP contribution in [0.15, 0.2) is 18.2 Å². The highest BCUT2D eigenvalue weighted by Gasteiger charge is 2.07. The average Bonchev–Trinajstić information content (AvgIpc) is 2.21. The van der Waals surface area contributed by atoms with Crippen LogP contribution in [0.25, 0.3) is 0 Å². The first-order chi connectivity index (χ1) is 7.15. The highest BCUT2D eigenvalue weighted by Crippen LogP contribution is 2.26. The molecule has 4 heteroatoms. The number of hydrogen-bond acceptors (Lipinski definition) is 2. The number of Topliss-reactive ketones (excluding diaryl/α,β-unsaturated/α-hetero) is 1. The van der Waals surface area contributed by atoms with Gasteiger partial charge in [-0.3, -0.25) is 4.79 Å². The summed E-state index contributed by atoms with van der Waals surface area (Å²) in [4.78, 5) is 11.2. The van der Waals surface area contributed by atoms with Crippen molar-refractivity contribution in [1.82, 2.24) is 0 Å². The minimum absolute atomic E-state index is 0.0635. The Morgan fingerprint density at radius 2 is 2.13 bits per heavy atom. The maximum absolute atomic E-state index is 11.2. The number of methoxy groups -OCH3 is 1. The lowest BCUT2D eigenvalue weighted by molar-refractivity contribution is -0.122. The fraction of sp³-hybridized carbons (Fsp3) is 0.364. The molecule has 2 nitrogen and oxygen atoms in total. The Kier molecular flexibility index (Phi) is 5.09. The predicted octanol–water partition coefficient (Wildman–Crippen LogP) is 3.14. The number of carbonyl (C=O) groups is 1. The van der Waals surface area contributed by atoms with Crippen LogP contribution in [-0.2, 0) is 16.0 Å². The van der Waals surface area contributed by atoms with Gasteiger partial charge >= 0.3 is 0 Å². The molecule has 0 saturated heterocycles. The molecule has 1 rings (SSSR count). The Hall–Kier alpha value is -0.570. The summed E-state index contributed by atoms with van der Waals surface area (Å²) >= 11 is 11.8. The van der Waals surface area contributed by atoms with E-state index in [0.717, 1.165) is 5.56 Å². The van der Waals surface area contributed by atoms with Crippen LogP contribution in [0.3, 0.4) is 0 Å². The molecular formula is C11H12Cl2O2. The van der Waals surface area contributed by atoms with E-state index < -0.39 is 0 Å². The summed E-state index contributed by atoms with van der Waals surface area (Å²) in [6.07, 6.45) is 1.02. The summed E-state index contributed by atoms with van der Waals surface area (Å²) in [7, 11) is 1.50.